The van der Waals surface area contributed by atoms with Gasteiger partial charge in [0.05, 0.1) is 16.8 Å². The maximum Gasteiger partial charge on any atom is 0.242 e. The maximum absolute atomic E-state index is 5.30. The van der Waals surface area contributed by atoms with E-state index >= 15 is 0 Å². The molecule has 4 aromatic heterocycles. The van der Waals surface area contributed by atoms with Crippen LogP contribution in [0.2, 0.25) is 0 Å². The smallest absolute Gasteiger partial charge is 0.242 e. The van der Waals surface area contributed by atoms with Gasteiger partial charge in [-0.3, -0.25) is 0 Å². The van der Waals surface area contributed by atoms with Crippen LogP contribution in [0.15, 0.2) is 140 Å². The van der Waals surface area contributed by atoms with Crippen molar-refractivity contribution in [3.63, 3.8) is 0 Å². The Bertz CT molecular complexity index is 1860. The Morgan fingerprint density at radius 3 is 1.73 bits per heavy atom. The van der Waals surface area contributed by atoms with Crippen LogP contribution in [-0.2, 0) is 0 Å². The number of aromatic nitrogens is 3. The van der Waals surface area contributed by atoms with Crippen molar-refractivity contribution in [1.82, 2.24) is 9.97 Å². The molecule has 0 aliphatic rings. The highest BCUT2D eigenvalue weighted by atomic mass is 31.1. The Morgan fingerprint density at radius 2 is 1.05 bits per heavy atom. The third-order valence-electron chi connectivity index (χ3n) is 6.68. The normalized spacial score (nSPS) is 11.7. The van der Waals surface area contributed by atoms with Gasteiger partial charge in [0.1, 0.15) is 0 Å². The first-order valence-corrected chi connectivity index (χ1v) is 13.7. The van der Waals surface area contributed by atoms with E-state index in [0.29, 0.717) is 0 Å². The summed E-state index contributed by atoms with van der Waals surface area (Å²) in [7, 11) is -0.951. The monoisotopic (exact) mass is 492 g/mol. The molecule has 37 heavy (non-hydrogen) atoms. The van der Waals surface area contributed by atoms with Gasteiger partial charge in [0.25, 0.3) is 0 Å². The SMILES string of the molecule is c1ccc(-c2cccc(-p3c4nc(-c5ccccc5)ccc4[n+]4c(-c5ccccc5)cccc43)n2)cc1. The van der Waals surface area contributed by atoms with Crippen LogP contribution in [0.4, 0.5) is 0 Å². The molecule has 1 atom stereocenters. The van der Waals surface area contributed by atoms with Gasteiger partial charge in [-0.05, 0) is 36.4 Å². The minimum atomic E-state index is -0.951. The molecule has 0 aliphatic heterocycles. The fourth-order valence-corrected chi connectivity index (χ4v) is 7.34. The van der Waals surface area contributed by atoms with E-state index in [9.17, 15) is 0 Å². The molecule has 0 bridgehead atoms. The van der Waals surface area contributed by atoms with Gasteiger partial charge < -0.3 is 0 Å². The minimum Gasteiger partial charge on any atom is -0.244 e. The Morgan fingerprint density at radius 1 is 0.459 bits per heavy atom. The highest BCUT2D eigenvalue weighted by molar-refractivity contribution is 7.66. The largest absolute Gasteiger partial charge is 0.244 e. The quantitative estimate of drug-likeness (QED) is 0.231. The number of nitrogens with zero attached hydrogens (tertiary/aromatic N) is 3. The van der Waals surface area contributed by atoms with E-state index in [0.717, 1.165) is 44.4 Å². The second-order valence-corrected chi connectivity index (χ2v) is 11.0. The zero-order chi connectivity index (χ0) is 24.6. The zero-order valence-corrected chi connectivity index (χ0v) is 21.0. The van der Waals surface area contributed by atoms with Gasteiger partial charge in [0.2, 0.25) is 16.5 Å². The Labute approximate surface area is 216 Å². The van der Waals surface area contributed by atoms with Crippen LogP contribution < -0.4 is 4.40 Å². The Balaban J connectivity index is 1.55. The van der Waals surface area contributed by atoms with Crippen molar-refractivity contribution in [2.75, 3.05) is 0 Å². The van der Waals surface area contributed by atoms with E-state index in [1.165, 1.54) is 10.8 Å². The third kappa shape index (κ3) is 3.81. The van der Waals surface area contributed by atoms with Crippen molar-refractivity contribution in [3.05, 3.63) is 140 Å². The van der Waals surface area contributed by atoms with Gasteiger partial charge in [0.15, 0.2) is 5.25 Å². The van der Waals surface area contributed by atoms with E-state index in [2.05, 4.69) is 132 Å². The summed E-state index contributed by atoms with van der Waals surface area (Å²) in [4.78, 5) is 10.5. The average molecular weight is 493 g/mol. The van der Waals surface area contributed by atoms with E-state index < -0.39 is 7.53 Å². The summed E-state index contributed by atoms with van der Waals surface area (Å²) in [6.45, 7) is 0. The first-order chi connectivity index (χ1) is 18.4. The van der Waals surface area contributed by atoms with E-state index in [1.54, 1.807) is 0 Å². The molecule has 0 saturated carbocycles. The van der Waals surface area contributed by atoms with E-state index in [1.807, 2.05) is 12.1 Å². The van der Waals surface area contributed by atoms with Gasteiger partial charge in [-0.15, -0.1) is 4.40 Å². The fourth-order valence-electron chi connectivity index (χ4n) is 4.96. The number of fused-ring (bicyclic) bond motifs is 3. The summed E-state index contributed by atoms with van der Waals surface area (Å²) in [6, 6.07) is 48.7. The maximum atomic E-state index is 5.30. The fraction of sp³-hybridized carbons (Fsp3) is 0. The zero-order valence-electron chi connectivity index (χ0n) is 20.1. The standard InChI is InChI=1S/C33H23N3P/c1-4-12-24(13-5-1)27-18-10-20-31(34-27)37-32-21-11-19-29(26-16-8-3-9-17-26)36(32)30-23-22-28(35-33(30)37)25-14-6-2-7-15-25/h1-23H/q+1. The van der Waals surface area contributed by atoms with Crippen LogP contribution in [0.1, 0.15) is 0 Å². The summed E-state index contributed by atoms with van der Waals surface area (Å²) >= 11 is 0. The molecule has 3 nitrogen and oxygen atoms in total. The average Bonchev–Trinajstić information content (AvgIpc) is 3.32. The molecule has 0 amide bonds. The van der Waals surface area contributed by atoms with Crippen molar-refractivity contribution in [3.8, 4) is 39.2 Å². The Kier molecular flexibility index (Phi) is 5.35. The molecule has 4 heteroatoms. The number of rotatable bonds is 4. The molecule has 0 radical (unpaired) electrons. The second kappa shape index (κ2) is 9.13. The molecule has 7 rings (SSSR count). The Hall–Kier alpha value is -4.59. The first-order valence-electron chi connectivity index (χ1n) is 12.4. The molecule has 0 N–H and O–H groups in total. The summed E-state index contributed by atoms with van der Waals surface area (Å²) in [5.74, 6) is 0. The van der Waals surface area contributed by atoms with Crippen molar-refractivity contribution >= 4 is 23.5 Å². The van der Waals surface area contributed by atoms with Crippen LogP contribution in [0.5, 0.6) is 0 Å². The topological polar surface area (TPSA) is 29.9 Å². The van der Waals surface area contributed by atoms with Crippen LogP contribution >= 0.6 is 7.53 Å². The molecule has 0 spiro atoms. The van der Waals surface area contributed by atoms with Gasteiger partial charge in [-0.25, -0.2) is 9.97 Å². The second-order valence-electron chi connectivity index (χ2n) is 8.96. The van der Waals surface area contributed by atoms with Gasteiger partial charge in [-0.1, -0.05) is 84.9 Å². The molecule has 0 fully saturated rings. The van der Waals surface area contributed by atoms with Crippen LogP contribution in [0.3, 0.4) is 0 Å². The van der Waals surface area contributed by atoms with Crippen LogP contribution in [-0.4, -0.2) is 9.97 Å². The van der Waals surface area contributed by atoms with Crippen LogP contribution in [0, 0.1) is 0 Å². The number of hydrogen-bond donors (Lipinski definition) is 0. The number of hydrogen-bond acceptors (Lipinski definition) is 2. The molecule has 4 heterocycles. The van der Waals surface area contributed by atoms with E-state index in [4.69, 9.17) is 9.97 Å². The molecular weight excluding hydrogens is 469 g/mol. The molecular formula is C33H23N3P+. The molecule has 1 unspecified atom stereocenters. The summed E-state index contributed by atoms with van der Waals surface area (Å²) in [5.41, 5.74) is 8.76. The summed E-state index contributed by atoms with van der Waals surface area (Å²) in [5, 5.41) is 2.33. The van der Waals surface area contributed by atoms with Crippen molar-refractivity contribution in [2.45, 2.75) is 0 Å². The molecule has 0 saturated heterocycles. The molecule has 3 aromatic carbocycles. The summed E-state index contributed by atoms with van der Waals surface area (Å²) in [6.07, 6.45) is 0. The van der Waals surface area contributed by atoms with Gasteiger partial charge in [0, 0.05) is 42.4 Å². The number of benzene rings is 3. The van der Waals surface area contributed by atoms with Crippen molar-refractivity contribution < 1.29 is 4.40 Å². The third-order valence-corrected chi connectivity index (χ3v) is 8.95. The lowest BCUT2D eigenvalue weighted by atomic mass is 10.1. The predicted molar refractivity (Wildman–Crippen MR) is 153 cm³/mol. The van der Waals surface area contributed by atoms with Crippen LogP contribution in [0.25, 0.3) is 55.2 Å². The lowest BCUT2D eigenvalue weighted by Crippen LogP contribution is -2.22. The lowest BCUT2D eigenvalue weighted by molar-refractivity contribution is -0.465. The van der Waals surface area contributed by atoms with Gasteiger partial charge >= 0.3 is 0 Å². The number of pyridine rings is 3. The minimum absolute atomic E-state index is 0.951. The molecule has 174 valence electrons. The molecule has 0 aliphatic carbocycles. The van der Waals surface area contributed by atoms with E-state index in [-0.39, 0.29) is 0 Å². The van der Waals surface area contributed by atoms with Crippen molar-refractivity contribution in [2.24, 2.45) is 0 Å². The highest BCUT2D eigenvalue weighted by Gasteiger charge is 2.27. The van der Waals surface area contributed by atoms with Gasteiger partial charge in [-0.2, -0.15) is 0 Å². The highest BCUT2D eigenvalue weighted by Crippen LogP contribution is 2.49. The first kappa shape index (κ1) is 21.7. The summed E-state index contributed by atoms with van der Waals surface area (Å²) < 4.78 is 2.38. The molecule has 7 aromatic rings. The lowest BCUT2D eigenvalue weighted by Gasteiger charge is -2.04. The predicted octanol–water partition coefficient (Wildman–Crippen LogP) is 8.35. The van der Waals surface area contributed by atoms with Crippen molar-refractivity contribution in [1.29, 1.82) is 0 Å².